The van der Waals surface area contributed by atoms with Gasteiger partial charge in [0.1, 0.15) is 12.1 Å². The van der Waals surface area contributed by atoms with Crippen molar-refractivity contribution in [3.05, 3.63) is 24.1 Å². The zero-order chi connectivity index (χ0) is 21.2. The molecule has 1 aliphatic heterocycles. The predicted molar refractivity (Wildman–Crippen MR) is 105 cm³/mol. The average Bonchev–Trinajstić information content (AvgIpc) is 3.36. The Balaban J connectivity index is 1.63. The number of piperazine rings is 1. The third kappa shape index (κ3) is 4.42. The highest BCUT2D eigenvalue weighted by Gasteiger charge is 2.31. The van der Waals surface area contributed by atoms with Gasteiger partial charge in [0.25, 0.3) is 5.89 Å². The molecule has 0 radical (unpaired) electrons. The molecule has 1 atom stereocenters. The van der Waals surface area contributed by atoms with Gasteiger partial charge in [0.15, 0.2) is 5.76 Å². The maximum Gasteiger partial charge on any atom is 0.266 e. The number of nitriles is 1. The summed E-state index contributed by atoms with van der Waals surface area (Å²) in [5.41, 5.74) is -0.374. The zero-order valence-electron chi connectivity index (χ0n) is 17.1. The number of amides is 2. The summed E-state index contributed by atoms with van der Waals surface area (Å²) in [6.45, 7) is 9.00. The van der Waals surface area contributed by atoms with Crippen LogP contribution in [0, 0.1) is 16.7 Å². The quantitative estimate of drug-likeness (QED) is 0.836. The summed E-state index contributed by atoms with van der Waals surface area (Å²) in [6.07, 6.45) is 1.51. The van der Waals surface area contributed by atoms with Gasteiger partial charge in [-0.2, -0.15) is 10.2 Å². The largest absolute Gasteiger partial charge is 0.459 e. The van der Waals surface area contributed by atoms with E-state index in [9.17, 15) is 14.9 Å². The normalized spacial score (nSPS) is 15.7. The second-order valence-electron chi connectivity index (χ2n) is 8.02. The Bertz CT molecular complexity index is 912. The number of furan rings is 1. The summed E-state index contributed by atoms with van der Waals surface area (Å²) in [5, 5.41) is 12.2. The van der Waals surface area contributed by atoms with E-state index in [1.165, 1.54) is 6.26 Å². The third-order valence-corrected chi connectivity index (χ3v) is 4.72. The van der Waals surface area contributed by atoms with Gasteiger partial charge in [-0.25, -0.2) is 0 Å². The fourth-order valence-electron chi connectivity index (χ4n) is 2.98. The van der Waals surface area contributed by atoms with Crippen LogP contribution in [-0.2, 0) is 9.59 Å². The van der Waals surface area contributed by atoms with Crippen molar-refractivity contribution < 1.29 is 18.4 Å². The highest BCUT2D eigenvalue weighted by atomic mass is 16.4. The third-order valence-electron chi connectivity index (χ3n) is 4.72. The maximum absolute atomic E-state index is 12.7. The number of rotatable bonds is 4. The van der Waals surface area contributed by atoms with E-state index in [2.05, 4.69) is 10.3 Å². The van der Waals surface area contributed by atoms with E-state index in [0.29, 0.717) is 37.8 Å². The van der Waals surface area contributed by atoms with Crippen LogP contribution in [0.1, 0.15) is 33.4 Å². The van der Waals surface area contributed by atoms with Gasteiger partial charge < -0.3 is 24.0 Å². The van der Waals surface area contributed by atoms with Crippen LogP contribution in [0.25, 0.3) is 11.7 Å². The molecule has 1 N–H and O–H groups in total. The Kier molecular flexibility index (Phi) is 5.64. The van der Waals surface area contributed by atoms with Crippen LogP contribution in [0.5, 0.6) is 0 Å². The van der Waals surface area contributed by atoms with E-state index >= 15 is 0 Å². The molecule has 0 aliphatic carbocycles. The van der Waals surface area contributed by atoms with Crippen LogP contribution in [0.4, 0.5) is 5.88 Å². The number of hydrogen-bond donors (Lipinski definition) is 1. The standard InChI is InChI=1S/C20H25N5O4/c1-13(22-19(27)20(2,3)4)17(26)24-7-9-25(10-8-24)18-14(12-21)23-16(29-18)15-6-5-11-28-15/h5-6,11,13H,7-10H2,1-4H3,(H,22,27). The lowest BCUT2D eigenvalue weighted by Crippen LogP contribution is -2.55. The summed E-state index contributed by atoms with van der Waals surface area (Å²) >= 11 is 0. The minimum Gasteiger partial charge on any atom is -0.459 e. The lowest BCUT2D eigenvalue weighted by molar-refractivity contribution is -0.138. The van der Waals surface area contributed by atoms with Gasteiger partial charge in [0.2, 0.25) is 23.4 Å². The van der Waals surface area contributed by atoms with Gasteiger partial charge in [0, 0.05) is 31.6 Å². The number of nitrogens with one attached hydrogen (secondary N) is 1. The van der Waals surface area contributed by atoms with E-state index < -0.39 is 11.5 Å². The zero-order valence-corrected chi connectivity index (χ0v) is 17.1. The minimum atomic E-state index is -0.598. The number of carbonyl (C=O) groups is 2. The van der Waals surface area contributed by atoms with Crippen LogP contribution >= 0.6 is 0 Å². The van der Waals surface area contributed by atoms with Gasteiger partial charge in [-0.15, -0.1) is 0 Å². The van der Waals surface area contributed by atoms with Crippen molar-refractivity contribution in [2.75, 3.05) is 31.1 Å². The van der Waals surface area contributed by atoms with Crippen LogP contribution in [0.2, 0.25) is 0 Å². The van der Waals surface area contributed by atoms with Gasteiger partial charge >= 0.3 is 0 Å². The Morgan fingerprint density at radius 1 is 1.28 bits per heavy atom. The van der Waals surface area contributed by atoms with Crippen molar-refractivity contribution in [2.24, 2.45) is 5.41 Å². The second kappa shape index (κ2) is 7.99. The molecule has 29 heavy (non-hydrogen) atoms. The summed E-state index contributed by atoms with van der Waals surface area (Å²) in [7, 11) is 0. The first kappa shape index (κ1) is 20.5. The molecule has 2 amide bonds. The molecular formula is C20H25N5O4. The average molecular weight is 399 g/mol. The fourth-order valence-corrected chi connectivity index (χ4v) is 2.98. The lowest BCUT2D eigenvalue weighted by atomic mass is 9.95. The summed E-state index contributed by atoms with van der Waals surface area (Å²) in [5.74, 6) is 0.781. The second-order valence-corrected chi connectivity index (χ2v) is 8.02. The van der Waals surface area contributed by atoms with E-state index in [0.717, 1.165) is 0 Å². The maximum atomic E-state index is 12.7. The molecule has 0 saturated carbocycles. The number of hydrogen-bond acceptors (Lipinski definition) is 7. The smallest absolute Gasteiger partial charge is 0.266 e. The summed E-state index contributed by atoms with van der Waals surface area (Å²) in [4.78, 5) is 32.6. The molecule has 154 valence electrons. The number of anilines is 1. The minimum absolute atomic E-state index is 0.128. The first-order chi connectivity index (χ1) is 13.7. The van der Waals surface area contributed by atoms with Crippen LogP contribution < -0.4 is 10.2 Å². The number of nitrogens with zero attached hydrogens (tertiary/aromatic N) is 4. The molecule has 1 saturated heterocycles. The van der Waals surface area contributed by atoms with Gasteiger partial charge in [-0.1, -0.05) is 20.8 Å². The predicted octanol–water partition coefficient (Wildman–Crippen LogP) is 2.01. The van der Waals surface area contributed by atoms with Crippen LogP contribution in [0.3, 0.4) is 0 Å². The van der Waals surface area contributed by atoms with Crippen molar-refractivity contribution in [1.29, 1.82) is 5.26 Å². The summed E-state index contributed by atoms with van der Waals surface area (Å²) in [6, 6.07) is 4.87. The van der Waals surface area contributed by atoms with Crippen LogP contribution in [0.15, 0.2) is 27.2 Å². The molecule has 1 fully saturated rings. The monoisotopic (exact) mass is 399 g/mol. The Morgan fingerprint density at radius 2 is 1.97 bits per heavy atom. The van der Waals surface area contributed by atoms with Crippen LogP contribution in [-0.4, -0.2) is 53.9 Å². The first-order valence-electron chi connectivity index (χ1n) is 9.50. The molecule has 2 aromatic heterocycles. The molecular weight excluding hydrogens is 374 g/mol. The molecule has 1 unspecified atom stereocenters. The lowest BCUT2D eigenvalue weighted by Gasteiger charge is -2.36. The topological polar surface area (TPSA) is 116 Å². The van der Waals surface area contributed by atoms with Crippen molar-refractivity contribution in [2.45, 2.75) is 33.7 Å². The molecule has 3 heterocycles. The number of oxazole rings is 1. The number of carbonyl (C=O) groups excluding carboxylic acids is 2. The Hall–Kier alpha value is -3.28. The van der Waals surface area contributed by atoms with Crippen molar-refractivity contribution >= 4 is 17.7 Å². The highest BCUT2D eigenvalue weighted by molar-refractivity contribution is 5.89. The van der Waals surface area contributed by atoms with Gasteiger partial charge in [-0.05, 0) is 19.1 Å². The molecule has 1 aliphatic rings. The molecule has 2 aromatic rings. The van der Waals surface area contributed by atoms with E-state index in [1.807, 2.05) is 11.0 Å². The number of aromatic nitrogens is 1. The van der Waals surface area contributed by atoms with E-state index in [1.54, 1.807) is 44.7 Å². The van der Waals surface area contributed by atoms with Gasteiger partial charge in [-0.3, -0.25) is 9.59 Å². The Morgan fingerprint density at radius 3 is 2.52 bits per heavy atom. The highest BCUT2D eigenvalue weighted by Crippen LogP contribution is 2.29. The SMILES string of the molecule is CC(NC(=O)C(C)(C)C)C(=O)N1CCN(c2oc(-c3ccco3)nc2C#N)CC1. The van der Waals surface area contributed by atoms with E-state index in [-0.39, 0.29) is 23.4 Å². The molecule has 0 bridgehead atoms. The molecule has 9 nitrogen and oxygen atoms in total. The molecule has 0 aromatic carbocycles. The molecule has 3 rings (SSSR count). The van der Waals surface area contributed by atoms with Crippen molar-refractivity contribution in [3.63, 3.8) is 0 Å². The van der Waals surface area contributed by atoms with Gasteiger partial charge in [0.05, 0.1) is 6.26 Å². The Labute approximate surface area is 169 Å². The van der Waals surface area contributed by atoms with E-state index in [4.69, 9.17) is 8.83 Å². The molecule has 9 heteroatoms. The summed E-state index contributed by atoms with van der Waals surface area (Å²) < 4.78 is 11.0. The van der Waals surface area contributed by atoms with Crippen molar-refractivity contribution in [3.8, 4) is 17.7 Å². The first-order valence-corrected chi connectivity index (χ1v) is 9.50. The fraction of sp³-hybridized carbons (Fsp3) is 0.500. The molecule has 0 spiro atoms. The van der Waals surface area contributed by atoms with Crippen molar-refractivity contribution in [1.82, 2.24) is 15.2 Å².